The SMILES string of the molecule is COC(=S)c1cccc(OCc2cccc(C#N)c2)c1. The zero-order valence-corrected chi connectivity index (χ0v) is 11.8. The molecule has 2 aromatic rings. The van der Waals surface area contributed by atoms with Crippen molar-refractivity contribution in [1.82, 2.24) is 0 Å². The molecule has 0 aliphatic carbocycles. The summed E-state index contributed by atoms with van der Waals surface area (Å²) < 4.78 is 10.7. The number of nitrogens with zero attached hydrogens (tertiary/aromatic N) is 1. The molecule has 0 unspecified atom stereocenters. The predicted octanol–water partition coefficient (Wildman–Crippen LogP) is 3.46. The van der Waals surface area contributed by atoms with Gasteiger partial charge in [-0.1, -0.05) is 24.3 Å². The molecular weight excluding hydrogens is 270 g/mol. The van der Waals surface area contributed by atoms with Gasteiger partial charge in [-0.3, -0.25) is 0 Å². The van der Waals surface area contributed by atoms with Gasteiger partial charge in [0.05, 0.1) is 18.7 Å². The molecule has 0 saturated heterocycles. The second-order valence-electron chi connectivity index (χ2n) is 4.12. The van der Waals surface area contributed by atoms with E-state index in [4.69, 9.17) is 27.0 Å². The molecule has 0 heterocycles. The van der Waals surface area contributed by atoms with Crippen molar-refractivity contribution in [3.63, 3.8) is 0 Å². The van der Waals surface area contributed by atoms with Crippen molar-refractivity contribution < 1.29 is 9.47 Å². The van der Waals surface area contributed by atoms with Crippen LogP contribution in [0, 0.1) is 11.3 Å². The first-order chi connectivity index (χ1) is 9.72. The summed E-state index contributed by atoms with van der Waals surface area (Å²) in [6, 6.07) is 16.9. The normalized spacial score (nSPS) is 9.60. The maximum Gasteiger partial charge on any atom is 0.190 e. The van der Waals surface area contributed by atoms with Gasteiger partial charge in [-0.2, -0.15) is 5.26 Å². The predicted molar refractivity (Wildman–Crippen MR) is 80.6 cm³/mol. The molecule has 0 bridgehead atoms. The molecule has 0 atom stereocenters. The lowest BCUT2D eigenvalue weighted by Crippen LogP contribution is -2.01. The number of hydrogen-bond donors (Lipinski definition) is 0. The van der Waals surface area contributed by atoms with Crippen LogP contribution in [-0.2, 0) is 11.3 Å². The molecule has 2 aromatic carbocycles. The van der Waals surface area contributed by atoms with E-state index in [1.165, 1.54) is 0 Å². The van der Waals surface area contributed by atoms with Crippen molar-refractivity contribution in [2.24, 2.45) is 0 Å². The lowest BCUT2D eigenvalue weighted by atomic mass is 10.1. The summed E-state index contributed by atoms with van der Waals surface area (Å²) in [7, 11) is 1.54. The van der Waals surface area contributed by atoms with E-state index < -0.39 is 0 Å². The Kier molecular flexibility index (Phi) is 4.70. The maximum atomic E-state index is 8.85. The minimum Gasteiger partial charge on any atom is -0.489 e. The van der Waals surface area contributed by atoms with Crippen molar-refractivity contribution in [3.05, 3.63) is 65.2 Å². The zero-order valence-electron chi connectivity index (χ0n) is 11.0. The van der Waals surface area contributed by atoms with Crippen molar-refractivity contribution in [2.45, 2.75) is 6.61 Å². The van der Waals surface area contributed by atoms with E-state index in [2.05, 4.69) is 6.07 Å². The molecule has 3 nitrogen and oxygen atoms in total. The third kappa shape index (κ3) is 3.56. The van der Waals surface area contributed by atoms with Gasteiger partial charge in [-0.25, -0.2) is 0 Å². The maximum absolute atomic E-state index is 8.85. The van der Waals surface area contributed by atoms with Crippen LogP contribution in [-0.4, -0.2) is 12.2 Å². The number of methoxy groups -OCH3 is 1. The second kappa shape index (κ2) is 6.69. The van der Waals surface area contributed by atoms with Gasteiger partial charge in [0.2, 0.25) is 0 Å². The van der Waals surface area contributed by atoms with E-state index in [0.717, 1.165) is 11.1 Å². The molecular formula is C16H13NO2S. The Morgan fingerprint density at radius 3 is 2.75 bits per heavy atom. The van der Waals surface area contributed by atoms with Crippen LogP contribution >= 0.6 is 12.2 Å². The Morgan fingerprint density at radius 2 is 2.00 bits per heavy atom. The van der Waals surface area contributed by atoms with Crippen LogP contribution in [0.1, 0.15) is 16.7 Å². The average Bonchev–Trinajstić information content (AvgIpc) is 2.52. The van der Waals surface area contributed by atoms with Gasteiger partial charge in [-0.05, 0) is 42.0 Å². The third-order valence-electron chi connectivity index (χ3n) is 2.72. The molecule has 0 amide bonds. The number of hydrogen-bond acceptors (Lipinski definition) is 4. The minimum atomic E-state index is 0.402. The summed E-state index contributed by atoms with van der Waals surface area (Å²) >= 11 is 5.08. The molecule has 0 aliphatic rings. The summed E-state index contributed by atoms with van der Waals surface area (Å²) in [5, 5.41) is 9.29. The number of benzene rings is 2. The van der Waals surface area contributed by atoms with E-state index >= 15 is 0 Å². The largest absolute Gasteiger partial charge is 0.489 e. The Labute approximate surface area is 123 Å². The van der Waals surface area contributed by atoms with Gasteiger partial charge in [0.25, 0.3) is 0 Å². The highest BCUT2D eigenvalue weighted by molar-refractivity contribution is 7.80. The molecule has 0 N–H and O–H groups in total. The van der Waals surface area contributed by atoms with Crippen LogP contribution in [0.3, 0.4) is 0 Å². The third-order valence-corrected chi connectivity index (χ3v) is 3.12. The topological polar surface area (TPSA) is 42.2 Å². The van der Waals surface area contributed by atoms with E-state index in [9.17, 15) is 0 Å². The summed E-state index contributed by atoms with van der Waals surface area (Å²) in [5.41, 5.74) is 2.38. The van der Waals surface area contributed by atoms with Crippen LogP contribution in [0.2, 0.25) is 0 Å². The van der Waals surface area contributed by atoms with E-state index in [-0.39, 0.29) is 0 Å². The Bertz CT molecular complexity index is 662. The number of nitriles is 1. The summed E-state index contributed by atoms with van der Waals surface area (Å²) in [6.45, 7) is 0.402. The molecule has 2 rings (SSSR count). The lowest BCUT2D eigenvalue weighted by molar-refractivity contribution is 0.306. The Morgan fingerprint density at radius 1 is 1.20 bits per heavy atom. The average molecular weight is 283 g/mol. The molecule has 4 heteroatoms. The molecule has 20 heavy (non-hydrogen) atoms. The highest BCUT2D eigenvalue weighted by Gasteiger charge is 2.03. The number of rotatable bonds is 4. The first kappa shape index (κ1) is 14.0. The van der Waals surface area contributed by atoms with Crippen molar-refractivity contribution >= 4 is 17.3 Å². The smallest absolute Gasteiger partial charge is 0.190 e. The lowest BCUT2D eigenvalue weighted by Gasteiger charge is -2.08. The van der Waals surface area contributed by atoms with Crippen LogP contribution < -0.4 is 4.74 Å². The van der Waals surface area contributed by atoms with E-state index in [1.54, 1.807) is 13.2 Å². The van der Waals surface area contributed by atoms with Gasteiger partial charge in [-0.15, -0.1) is 0 Å². The Balaban J connectivity index is 2.07. The van der Waals surface area contributed by atoms with Crippen molar-refractivity contribution in [1.29, 1.82) is 5.26 Å². The highest BCUT2D eigenvalue weighted by Crippen LogP contribution is 2.16. The van der Waals surface area contributed by atoms with Gasteiger partial charge in [0.15, 0.2) is 5.05 Å². The minimum absolute atomic E-state index is 0.402. The zero-order chi connectivity index (χ0) is 14.4. The van der Waals surface area contributed by atoms with Crippen LogP contribution in [0.25, 0.3) is 0 Å². The van der Waals surface area contributed by atoms with Crippen molar-refractivity contribution in [3.8, 4) is 11.8 Å². The number of thiocarbonyl (C=S) groups is 1. The first-order valence-electron chi connectivity index (χ1n) is 6.03. The molecule has 100 valence electrons. The fourth-order valence-electron chi connectivity index (χ4n) is 1.73. The molecule has 0 saturated carbocycles. The fraction of sp³-hybridized carbons (Fsp3) is 0.125. The standard InChI is InChI=1S/C16H13NO2S/c1-18-16(20)14-6-3-7-15(9-14)19-11-13-5-2-4-12(8-13)10-17/h2-9H,11H2,1H3. The van der Waals surface area contributed by atoms with Gasteiger partial charge in [0, 0.05) is 5.56 Å². The molecule has 0 aliphatic heterocycles. The Hall–Kier alpha value is -2.38. The summed E-state index contributed by atoms with van der Waals surface area (Å²) in [6.07, 6.45) is 0. The van der Waals surface area contributed by atoms with Crippen molar-refractivity contribution in [2.75, 3.05) is 7.11 Å². The summed E-state index contributed by atoms with van der Waals surface area (Å²) in [5.74, 6) is 0.712. The van der Waals surface area contributed by atoms with E-state index in [1.807, 2.05) is 42.5 Å². The molecule has 0 aromatic heterocycles. The van der Waals surface area contributed by atoms with Crippen LogP contribution in [0.4, 0.5) is 0 Å². The molecule has 0 fully saturated rings. The quantitative estimate of drug-likeness (QED) is 0.806. The summed E-state index contributed by atoms with van der Waals surface area (Å²) in [4.78, 5) is 0. The van der Waals surface area contributed by atoms with Crippen LogP contribution in [0.5, 0.6) is 5.75 Å². The highest BCUT2D eigenvalue weighted by atomic mass is 32.1. The van der Waals surface area contributed by atoms with Crippen LogP contribution in [0.15, 0.2) is 48.5 Å². The first-order valence-corrected chi connectivity index (χ1v) is 6.44. The fourth-order valence-corrected chi connectivity index (χ4v) is 1.85. The molecule has 0 radical (unpaired) electrons. The van der Waals surface area contributed by atoms with Gasteiger partial charge in [0.1, 0.15) is 12.4 Å². The van der Waals surface area contributed by atoms with E-state index in [0.29, 0.717) is 23.0 Å². The van der Waals surface area contributed by atoms with Gasteiger partial charge < -0.3 is 9.47 Å². The van der Waals surface area contributed by atoms with Gasteiger partial charge >= 0.3 is 0 Å². The monoisotopic (exact) mass is 283 g/mol. The molecule has 0 spiro atoms. The second-order valence-corrected chi connectivity index (χ2v) is 4.49. The number of ether oxygens (including phenoxy) is 2.